The van der Waals surface area contributed by atoms with E-state index in [1.165, 1.54) is 32.7 Å². The number of hydrogen-bond acceptors (Lipinski definition) is 4. The Kier molecular flexibility index (Phi) is 9.20. The molecule has 4 nitrogen and oxygen atoms in total. The molecule has 11 aromatic carbocycles. The minimum absolute atomic E-state index is 0.458. The van der Waals surface area contributed by atoms with E-state index in [1.807, 2.05) is 0 Å². The van der Waals surface area contributed by atoms with Crippen LogP contribution < -0.4 is 9.80 Å². The molecular formula is C64H48N2O2. The van der Waals surface area contributed by atoms with Crippen molar-refractivity contribution in [1.29, 1.82) is 0 Å². The molecule has 0 aliphatic heterocycles. The van der Waals surface area contributed by atoms with Crippen LogP contribution in [0.5, 0.6) is 0 Å². The van der Waals surface area contributed by atoms with Crippen LogP contribution in [0.3, 0.4) is 0 Å². The highest BCUT2D eigenvalue weighted by molar-refractivity contribution is 6.22. The fraction of sp³-hybridized carbons (Fsp3) is 0.0938. The Bertz CT molecular complexity index is 3830. The van der Waals surface area contributed by atoms with Crippen LogP contribution >= 0.6 is 0 Å². The minimum Gasteiger partial charge on any atom is -0.455 e. The van der Waals surface area contributed by atoms with Crippen LogP contribution in [-0.2, 0) is 0 Å². The Balaban J connectivity index is 0.892. The van der Waals surface area contributed by atoms with Crippen molar-refractivity contribution in [2.45, 2.75) is 39.5 Å². The normalized spacial score (nSPS) is 12.1. The Morgan fingerprint density at radius 1 is 0.279 bits per heavy atom. The molecule has 0 fully saturated rings. The summed E-state index contributed by atoms with van der Waals surface area (Å²) in [5.74, 6) is 0.916. The fourth-order valence-electron chi connectivity index (χ4n) is 10.4. The first-order valence-corrected chi connectivity index (χ1v) is 23.8. The van der Waals surface area contributed by atoms with Crippen molar-refractivity contribution in [1.82, 2.24) is 0 Å². The van der Waals surface area contributed by atoms with E-state index in [0.29, 0.717) is 11.8 Å². The number of anilines is 6. The first-order valence-electron chi connectivity index (χ1n) is 23.8. The van der Waals surface area contributed by atoms with Gasteiger partial charge in [0.05, 0.1) is 0 Å². The van der Waals surface area contributed by atoms with Crippen molar-refractivity contribution >= 4 is 121 Å². The second-order valence-electron chi connectivity index (χ2n) is 19.0. The molecule has 68 heavy (non-hydrogen) atoms. The van der Waals surface area contributed by atoms with Gasteiger partial charge in [-0.05, 0) is 164 Å². The summed E-state index contributed by atoms with van der Waals surface area (Å²) in [5.41, 5.74) is 12.7. The summed E-state index contributed by atoms with van der Waals surface area (Å²) >= 11 is 0. The maximum absolute atomic E-state index is 6.85. The average Bonchev–Trinajstić information content (AvgIpc) is 3.93. The summed E-state index contributed by atoms with van der Waals surface area (Å²) in [6.07, 6.45) is 0. The van der Waals surface area contributed by atoms with Gasteiger partial charge in [-0.2, -0.15) is 0 Å². The molecule has 0 aliphatic carbocycles. The molecule has 0 saturated carbocycles. The predicted molar refractivity (Wildman–Crippen MR) is 289 cm³/mol. The van der Waals surface area contributed by atoms with Gasteiger partial charge in [0.1, 0.15) is 22.3 Å². The van der Waals surface area contributed by atoms with Gasteiger partial charge in [-0.1, -0.05) is 125 Å². The van der Waals surface area contributed by atoms with E-state index in [1.54, 1.807) is 0 Å². The molecule has 0 N–H and O–H groups in total. The van der Waals surface area contributed by atoms with E-state index in [4.69, 9.17) is 8.83 Å². The third-order valence-corrected chi connectivity index (χ3v) is 14.1. The topological polar surface area (TPSA) is 32.8 Å². The number of fused-ring (bicyclic) bond motifs is 12. The van der Waals surface area contributed by atoms with Crippen LogP contribution in [0.1, 0.15) is 50.7 Å². The van der Waals surface area contributed by atoms with Gasteiger partial charge in [-0.15, -0.1) is 0 Å². The lowest BCUT2D eigenvalue weighted by atomic mass is 10.0. The summed E-state index contributed by atoms with van der Waals surface area (Å²) < 4.78 is 13.7. The molecule has 0 bridgehead atoms. The van der Waals surface area contributed by atoms with Crippen molar-refractivity contribution in [2.75, 3.05) is 9.80 Å². The summed E-state index contributed by atoms with van der Waals surface area (Å²) in [4.78, 5) is 4.71. The summed E-state index contributed by atoms with van der Waals surface area (Å²) in [5, 5.41) is 13.5. The third-order valence-electron chi connectivity index (χ3n) is 14.1. The Morgan fingerprint density at radius 3 is 1.00 bits per heavy atom. The third kappa shape index (κ3) is 6.59. The Labute approximate surface area is 394 Å². The van der Waals surface area contributed by atoms with Crippen LogP contribution in [0.25, 0.3) is 87.0 Å². The minimum atomic E-state index is 0.458. The number of rotatable bonds is 8. The molecule has 326 valence electrons. The first kappa shape index (κ1) is 40.0. The average molecular weight is 877 g/mol. The molecule has 13 aromatic rings. The zero-order valence-electron chi connectivity index (χ0n) is 38.5. The van der Waals surface area contributed by atoms with Crippen LogP contribution in [0.4, 0.5) is 34.1 Å². The highest BCUT2D eigenvalue weighted by Gasteiger charge is 2.20. The molecule has 0 aliphatic rings. The second-order valence-corrected chi connectivity index (χ2v) is 19.0. The first-order chi connectivity index (χ1) is 33.3. The van der Waals surface area contributed by atoms with E-state index in [9.17, 15) is 0 Å². The SMILES string of the molecule is CC(C)c1ccc(N(c2ccc3ccccc3c2)c2ccc3c(ccc4c5cc6oc7c8ccc(N(c9ccc(C(C)C)cc9)c9ccc%10ccccc%10c9)cc8ccc7c6cc5oc34)c2)cc1. The van der Waals surface area contributed by atoms with Gasteiger partial charge in [-0.3, -0.25) is 0 Å². The lowest BCUT2D eigenvalue weighted by Crippen LogP contribution is -2.10. The van der Waals surface area contributed by atoms with E-state index in [2.05, 4.69) is 244 Å². The maximum Gasteiger partial charge on any atom is 0.143 e. The maximum atomic E-state index is 6.85. The van der Waals surface area contributed by atoms with Gasteiger partial charge in [0.15, 0.2) is 0 Å². The van der Waals surface area contributed by atoms with Crippen LogP contribution in [0.2, 0.25) is 0 Å². The van der Waals surface area contributed by atoms with Gasteiger partial charge >= 0.3 is 0 Å². The lowest BCUT2D eigenvalue weighted by Gasteiger charge is -2.26. The van der Waals surface area contributed by atoms with Gasteiger partial charge in [-0.25, -0.2) is 0 Å². The van der Waals surface area contributed by atoms with Crippen molar-refractivity contribution in [2.24, 2.45) is 0 Å². The van der Waals surface area contributed by atoms with Crippen LogP contribution in [-0.4, -0.2) is 0 Å². The highest BCUT2D eigenvalue weighted by Crippen LogP contribution is 2.45. The van der Waals surface area contributed by atoms with E-state index < -0.39 is 0 Å². The van der Waals surface area contributed by atoms with Gasteiger partial charge < -0.3 is 18.6 Å². The van der Waals surface area contributed by atoms with Gasteiger partial charge in [0.2, 0.25) is 0 Å². The number of nitrogens with zero attached hydrogens (tertiary/aromatic N) is 2. The quantitative estimate of drug-likeness (QED) is 0.152. The summed E-state index contributed by atoms with van der Waals surface area (Å²) in [6, 6.07) is 75.2. The monoisotopic (exact) mass is 876 g/mol. The largest absolute Gasteiger partial charge is 0.455 e. The molecule has 0 spiro atoms. The number of furan rings is 2. The molecule has 4 heteroatoms. The van der Waals surface area contributed by atoms with E-state index in [0.717, 1.165) is 99.5 Å². The molecule has 0 saturated heterocycles. The Hall–Kier alpha value is -8.34. The summed E-state index contributed by atoms with van der Waals surface area (Å²) in [7, 11) is 0. The molecule has 0 atom stereocenters. The Morgan fingerprint density at radius 2 is 0.603 bits per heavy atom. The molecule has 2 heterocycles. The van der Waals surface area contributed by atoms with Crippen molar-refractivity contribution in [3.63, 3.8) is 0 Å². The fourth-order valence-corrected chi connectivity index (χ4v) is 10.4. The molecule has 2 aromatic heterocycles. The van der Waals surface area contributed by atoms with Crippen molar-refractivity contribution in [3.8, 4) is 0 Å². The van der Waals surface area contributed by atoms with Crippen molar-refractivity contribution < 1.29 is 8.83 Å². The molecular weight excluding hydrogens is 829 g/mol. The zero-order chi connectivity index (χ0) is 45.6. The lowest BCUT2D eigenvalue weighted by molar-refractivity contribution is 0.667. The predicted octanol–water partition coefficient (Wildman–Crippen LogP) is 19.3. The number of hydrogen-bond donors (Lipinski definition) is 0. The second kappa shape index (κ2) is 15.6. The van der Waals surface area contributed by atoms with E-state index in [-0.39, 0.29) is 0 Å². The summed E-state index contributed by atoms with van der Waals surface area (Å²) in [6.45, 7) is 8.96. The smallest absolute Gasteiger partial charge is 0.143 e. The van der Waals surface area contributed by atoms with E-state index >= 15 is 0 Å². The standard InChI is InChI=1S/C64H48N2O2/c1-39(2)41-13-21-49(22-14-41)65(51-25-17-43-9-5-7-11-45(43)33-51)53-27-31-55-47(35-53)19-29-57-59-37-62-60(38-61(59)67-63(55)57)58-30-20-48-36-54(28-32-56(48)64(58)68-62)66(50-23-15-42(16-24-50)40(3)4)52-26-18-44-10-6-8-12-46(44)34-52/h5-40H,1-4H3. The molecule has 13 rings (SSSR count). The van der Waals surface area contributed by atoms with Gasteiger partial charge in [0, 0.05) is 66.4 Å². The van der Waals surface area contributed by atoms with Crippen LogP contribution in [0, 0.1) is 0 Å². The van der Waals surface area contributed by atoms with Crippen molar-refractivity contribution in [3.05, 3.63) is 217 Å². The number of benzene rings is 11. The molecule has 0 amide bonds. The zero-order valence-corrected chi connectivity index (χ0v) is 38.5. The molecule has 0 unspecified atom stereocenters. The van der Waals surface area contributed by atoms with Gasteiger partial charge in [0.25, 0.3) is 0 Å². The van der Waals surface area contributed by atoms with Crippen LogP contribution in [0.15, 0.2) is 215 Å². The molecule has 0 radical (unpaired) electrons. The highest BCUT2D eigenvalue weighted by atomic mass is 16.3.